The number of fused-ring (bicyclic) bond motifs is 1. The lowest BCUT2D eigenvalue weighted by atomic mass is 10.1. The summed E-state index contributed by atoms with van der Waals surface area (Å²) in [6.07, 6.45) is 5.29. The molecule has 1 atom stereocenters. The summed E-state index contributed by atoms with van der Waals surface area (Å²) in [6, 6.07) is 5.92. The van der Waals surface area contributed by atoms with Crippen LogP contribution in [0.5, 0.6) is 0 Å². The Morgan fingerprint density at radius 1 is 1.45 bits per heavy atom. The Morgan fingerprint density at radius 2 is 2.32 bits per heavy atom. The van der Waals surface area contributed by atoms with Crippen molar-refractivity contribution in [1.82, 2.24) is 20.1 Å². The van der Waals surface area contributed by atoms with Crippen LogP contribution in [0.4, 0.5) is 10.5 Å². The molecule has 0 aliphatic carbocycles. The molecule has 3 rings (SSSR count). The Morgan fingerprint density at radius 3 is 3.14 bits per heavy atom. The van der Waals surface area contributed by atoms with Crippen molar-refractivity contribution in [2.45, 2.75) is 37.2 Å². The van der Waals surface area contributed by atoms with E-state index in [-0.39, 0.29) is 12.1 Å². The zero-order chi connectivity index (χ0) is 15.5. The minimum absolute atomic E-state index is 0.0796. The van der Waals surface area contributed by atoms with E-state index in [4.69, 9.17) is 0 Å². The molecule has 0 unspecified atom stereocenters. The lowest BCUT2D eigenvalue weighted by Crippen LogP contribution is -2.43. The molecule has 0 spiro atoms. The van der Waals surface area contributed by atoms with E-state index in [1.54, 1.807) is 18.1 Å². The predicted octanol–water partition coefficient (Wildman–Crippen LogP) is 2.44. The molecule has 0 saturated carbocycles. The number of nitrogens with zero attached hydrogens (tertiary/aromatic N) is 3. The summed E-state index contributed by atoms with van der Waals surface area (Å²) in [5.74, 6) is 0.988. The van der Waals surface area contributed by atoms with Gasteiger partial charge in [-0.2, -0.15) is 5.10 Å². The van der Waals surface area contributed by atoms with E-state index < -0.39 is 0 Å². The van der Waals surface area contributed by atoms with Crippen LogP contribution >= 0.6 is 11.8 Å². The third kappa shape index (κ3) is 3.09. The first-order chi connectivity index (χ1) is 10.7. The molecule has 0 radical (unpaired) electrons. The number of hydrogen-bond donors (Lipinski definition) is 2. The minimum atomic E-state index is -0.168. The number of aromatic nitrogens is 3. The third-order valence-electron chi connectivity index (χ3n) is 3.83. The number of benzene rings is 1. The fraction of sp³-hybridized carbons (Fsp3) is 0.400. The molecular formula is C15H19N5OS. The molecule has 1 aliphatic rings. The first-order valence-electron chi connectivity index (χ1n) is 7.25. The second kappa shape index (κ2) is 6.39. The van der Waals surface area contributed by atoms with Crippen molar-refractivity contribution < 1.29 is 4.79 Å². The van der Waals surface area contributed by atoms with Crippen molar-refractivity contribution in [3.63, 3.8) is 0 Å². The standard InChI is InChI=1S/C15H19N5OS/c1-10-4-3-5-12(22-2)14(10)19-15(21)18-11-6-7-13-16-9-17-20(13)8-11/h3-5,9,11H,6-8H2,1-2H3,(H2,18,19,21)/t11-/m1/s1. The van der Waals surface area contributed by atoms with E-state index in [9.17, 15) is 4.79 Å². The maximum atomic E-state index is 12.3. The van der Waals surface area contributed by atoms with E-state index in [2.05, 4.69) is 20.7 Å². The Hall–Kier alpha value is -2.02. The van der Waals surface area contributed by atoms with Crippen molar-refractivity contribution in [3.8, 4) is 0 Å². The number of carbonyl (C=O) groups excluding carboxylic acids is 1. The highest BCUT2D eigenvalue weighted by atomic mass is 32.2. The molecule has 116 valence electrons. The first-order valence-corrected chi connectivity index (χ1v) is 8.47. The number of para-hydroxylation sites is 1. The molecule has 22 heavy (non-hydrogen) atoms. The maximum absolute atomic E-state index is 12.3. The summed E-state index contributed by atoms with van der Waals surface area (Å²) in [5.41, 5.74) is 1.94. The van der Waals surface area contributed by atoms with Crippen molar-refractivity contribution in [1.29, 1.82) is 0 Å². The van der Waals surface area contributed by atoms with Gasteiger partial charge in [0, 0.05) is 11.3 Å². The molecule has 6 nitrogen and oxygen atoms in total. The number of thioether (sulfide) groups is 1. The Balaban J connectivity index is 1.64. The van der Waals surface area contributed by atoms with Gasteiger partial charge in [0.2, 0.25) is 0 Å². The lowest BCUT2D eigenvalue weighted by molar-refractivity contribution is 0.243. The van der Waals surface area contributed by atoms with Gasteiger partial charge < -0.3 is 10.6 Å². The molecule has 7 heteroatoms. The second-order valence-corrected chi connectivity index (χ2v) is 6.19. The highest BCUT2D eigenvalue weighted by Gasteiger charge is 2.21. The first kappa shape index (κ1) is 14.9. The van der Waals surface area contributed by atoms with Gasteiger partial charge in [0.05, 0.1) is 18.3 Å². The third-order valence-corrected chi connectivity index (χ3v) is 4.61. The van der Waals surface area contributed by atoms with Gasteiger partial charge in [0.25, 0.3) is 0 Å². The highest BCUT2D eigenvalue weighted by molar-refractivity contribution is 7.98. The molecule has 2 N–H and O–H groups in total. The van der Waals surface area contributed by atoms with Crippen molar-refractivity contribution >= 4 is 23.5 Å². The van der Waals surface area contributed by atoms with Crippen molar-refractivity contribution in [2.24, 2.45) is 0 Å². The second-order valence-electron chi connectivity index (χ2n) is 5.34. The molecule has 1 aromatic carbocycles. The van der Waals surface area contributed by atoms with Gasteiger partial charge in [0.15, 0.2) is 0 Å². The van der Waals surface area contributed by atoms with Crippen LogP contribution in [0.2, 0.25) is 0 Å². The topological polar surface area (TPSA) is 71.8 Å². The van der Waals surface area contributed by atoms with Crippen LogP contribution in [-0.4, -0.2) is 33.1 Å². The normalized spacial score (nSPS) is 16.9. The van der Waals surface area contributed by atoms with Gasteiger partial charge >= 0.3 is 6.03 Å². The average molecular weight is 317 g/mol. The predicted molar refractivity (Wildman–Crippen MR) is 87.2 cm³/mol. The molecule has 0 bridgehead atoms. The number of urea groups is 1. The Labute approximate surface area is 133 Å². The molecule has 2 amide bonds. The van der Waals surface area contributed by atoms with E-state index in [0.717, 1.165) is 34.8 Å². The average Bonchev–Trinajstić information content (AvgIpc) is 2.97. The molecule has 2 aromatic rings. The van der Waals surface area contributed by atoms with Gasteiger partial charge in [-0.05, 0) is 31.2 Å². The lowest BCUT2D eigenvalue weighted by Gasteiger charge is -2.24. The van der Waals surface area contributed by atoms with Crippen LogP contribution in [0.3, 0.4) is 0 Å². The highest BCUT2D eigenvalue weighted by Crippen LogP contribution is 2.28. The van der Waals surface area contributed by atoms with Crippen LogP contribution in [0.15, 0.2) is 29.4 Å². The fourth-order valence-corrected chi connectivity index (χ4v) is 3.29. The minimum Gasteiger partial charge on any atom is -0.333 e. The zero-order valence-corrected chi connectivity index (χ0v) is 13.5. The van der Waals surface area contributed by atoms with E-state index in [1.165, 1.54) is 0 Å². The number of carbonyl (C=O) groups is 1. The molecule has 0 fully saturated rings. The van der Waals surface area contributed by atoms with Crippen LogP contribution in [0, 0.1) is 6.92 Å². The molecule has 1 aromatic heterocycles. The number of rotatable bonds is 3. The van der Waals surface area contributed by atoms with E-state index >= 15 is 0 Å². The Kier molecular flexibility index (Phi) is 4.33. The van der Waals surface area contributed by atoms with Gasteiger partial charge in [-0.25, -0.2) is 14.5 Å². The molecular weight excluding hydrogens is 298 g/mol. The SMILES string of the molecule is CSc1cccc(C)c1NC(=O)N[C@@H]1CCc2ncnn2C1. The van der Waals surface area contributed by atoms with Crippen LogP contribution < -0.4 is 10.6 Å². The van der Waals surface area contributed by atoms with Gasteiger partial charge in [-0.15, -0.1) is 11.8 Å². The molecule has 0 saturated heterocycles. The van der Waals surface area contributed by atoms with E-state index in [0.29, 0.717) is 6.54 Å². The number of anilines is 1. The number of aryl methyl sites for hydroxylation is 2. The van der Waals surface area contributed by atoms with Crippen molar-refractivity contribution in [2.75, 3.05) is 11.6 Å². The summed E-state index contributed by atoms with van der Waals surface area (Å²) in [4.78, 5) is 17.5. The summed E-state index contributed by atoms with van der Waals surface area (Å²) < 4.78 is 1.86. The monoisotopic (exact) mass is 317 g/mol. The maximum Gasteiger partial charge on any atom is 0.319 e. The molecule has 1 aliphatic heterocycles. The van der Waals surface area contributed by atoms with Gasteiger partial charge in [-0.1, -0.05) is 12.1 Å². The summed E-state index contributed by atoms with van der Waals surface area (Å²) in [6.45, 7) is 2.67. The quantitative estimate of drug-likeness (QED) is 0.853. The summed E-state index contributed by atoms with van der Waals surface area (Å²) in [5, 5.41) is 10.2. The zero-order valence-electron chi connectivity index (χ0n) is 12.7. The smallest absolute Gasteiger partial charge is 0.319 e. The van der Waals surface area contributed by atoms with Crippen LogP contribution in [0.25, 0.3) is 0 Å². The van der Waals surface area contributed by atoms with Crippen LogP contribution in [0.1, 0.15) is 17.8 Å². The molecule has 2 heterocycles. The Bertz CT molecular complexity index is 684. The number of amides is 2. The number of nitrogens with one attached hydrogen (secondary N) is 2. The van der Waals surface area contributed by atoms with Gasteiger partial charge in [-0.3, -0.25) is 0 Å². The number of hydrogen-bond acceptors (Lipinski definition) is 4. The van der Waals surface area contributed by atoms with Gasteiger partial charge in [0.1, 0.15) is 12.2 Å². The van der Waals surface area contributed by atoms with Crippen molar-refractivity contribution in [3.05, 3.63) is 35.9 Å². The summed E-state index contributed by atoms with van der Waals surface area (Å²) >= 11 is 1.62. The fourth-order valence-electron chi connectivity index (χ4n) is 2.66. The van der Waals surface area contributed by atoms with Crippen LogP contribution in [-0.2, 0) is 13.0 Å². The van der Waals surface area contributed by atoms with E-state index in [1.807, 2.05) is 36.1 Å². The summed E-state index contributed by atoms with van der Waals surface area (Å²) in [7, 11) is 0. The largest absolute Gasteiger partial charge is 0.333 e.